The van der Waals surface area contributed by atoms with Crippen LogP contribution >= 0.6 is 22.6 Å². The van der Waals surface area contributed by atoms with Gasteiger partial charge < -0.3 is 9.30 Å². The fourth-order valence-corrected chi connectivity index (χ4v) is 4.43. The molecule has 0 atom stereocenters. The molecule has 0 fully saturated rings. The van der Waals surface area contributed by atoms with E-state index in [1.807, 2.05) is 48.5 Å². The summed E-state index contributed by atoms with van der Waals surface area (Å²) in [5.41, 5.74) is 4.10. The molecule has 5 aromatic rings. The Balaban J connectivity index is 1.57. The van der Waals surface area contributed by atoms with Gasteiger partial charge in [-0.25, -0.2) is 4.79 Å². The monoisotopic (exact) mass is 503 g/mol. The number of carbonyl (C=O) groups excluding carboxylic acids is 1. The van der Waals surface area contributed by atoms with Gasteiger partial charge in [0.05, 0.1) is 5.56 Å². The fraction of sp³-hybridized carbons (Fsp3) is 0.0385. The highest BCUT2D eigenvalue weighted by Gasteiger charge is 2.15. The molecule has 0 aliphatic heterocycles. The normalized spacial score (nSPS) is 11.1. The Morgan fingerprint density at radius 2 is 1.47 bits per heavy atom. The van der Waals surface area contributed by atoms with Gasteiger partial charge in [-0.2, -0.15) is 0 Å². The Morgan fingerprint density at radius 3 is 2.30 bits per heavy atom. The van der Waals surface area contributed by atoms with Gasteiger partial charge in [-0.1, -0.05) is 60.7 Å². The van der Waals surface area contributed by atoms with Crippen molar-refractivity contribution in [2.24, 2.45) is 0 Å². The highest BCUT2D eigenvalue weighted by atomic mass is 127. The number of ether oxygens (including phenoxy) is 1. The first-order valence-corrected chi connectivity index (χ1v) is 10.8. The summed E-state index contributed by atoms with van der Waals surface area (Å²) in [4.78, 5) is 12.6. The third kappa shape index (κ3) is 3.48. The molecule has 1 heterocycles. The molecule has 4 heteroatoms. The Labute approximate surface area is 188 Å². The number of benzene rings is 4. The maximum Gasteiger partial charge on any atom is 0.344 e. The van der Waals surface area contributed by atoms with Gasteiger partial charge in [0.15, 0.2) is 0 Å². The number of para-hydroxylation sites is 1. The van der Waals surface area contributed by atoms with Crippen LogP contribution in [0.3, 0.4) is 0 Å². The average Bonchev–Trinajstić information content (AvgIpc) is 3.08. The van der Waals surface area contributed by atoms with Gasteiger partial charge in [-0.05, 0) is 64.6 Å². The lowest BCUT2D eigenvalue weighted by Crippen LogP contribution is -2.10. The number of halogens is 1. The largest absolute Gasteiger partial charge is 0.423 e. The van der Waals surface area contributed by atoms with Crippen molar-refractivity contribution in [3.05, 3.63) is 112 Å². The molecule has 30 heavy (non-hydrogen) atoms. The summed E-state index contributed by atoms with van der Waals surface area (Å²) in [5.74, 6) is 0.210. The van der Waals surface area contributed by atoms with E-state index >= 15 is 0 Å². The number of nitrogens with zero attached hydrogens (tertiary/aromatic N) is 1. The molecule has 5 rings (SSSR count). The third-order valence-electron chi connectivity index (χ3n) is 5.23. The van der Waals surface area contributed by atoms with Crippen molar-refractivity contribution in [3.8, 4) is 5.75 Å². The molecule has 146 valence electrons. The molecule has 0 amide bonds. The van der Waals surface area contributed by atoms with E-state index in [-0.39, 0.29) is 5.97 Å². The summed E-state index contributed by atoms with van der Waals surface area (Å²) in [6.07, 6.45) is 0. The lowest BCUT2D eigenvalue weighted by Gasteiger charge is -2.09. The van der Waals surface area contributed by atoms with Crippen LogP contribution in [0.4, 0.5) is 0 Å². The van der Waals surface area contributed by atoms with Crippen molar-refractivity contribution in [1.29, 1.82) is 0 Å². The Morgan fingerprint density at radius 1 is 0.767 bits per heavy atom. The van der Waals surface area contributed by atoms with Crippen LogP contribution in [0, 0.1) is 3.57 Å². The van der Waals surface area contributed by atoms with E-state index in [2.05, 4.69) is 69.6 Å². The van der Waals surface area contributed by atoms with Crippen LogP contribution < -0.4 is 4.74 Å². The van der Waals surface area contributed by atoms with Crippen molar-refractivity contribution in [2.75, 3.05) is 0 Å². The van der Waals surface area contributed by atoms with Crippen molar-refractivity contribution in [3.63, 3.8) is 0 Å². The molecule has 1 aromatic heterocycles. The summed E-state index contributed by atoms with van der Waals surface area (Å²) in [6, 6.07) is 32.1. The molecular formula is C26H18INO2. The van der Waals surface area contributed by atoms with E-state index in [1.165, 1.54) is 5.56 Å². The second kappa shape index (κ2) is 7.95. The van der Waals surface area contributed by atoms with Gasteiger partial charge >= 0.3 is 5.97 Å². The van der Waals surface area contributed by atoms with E-state index < -0.39 is 0 Å². The van der Waals surface area contributed by atoms with Crippen molar-refractivity contribution < 1.29 is 9.53 Å². The molecule has 4 aromatic carbocycles. The molecular weight excluding hydrogens is 485 g/mol. The van der Waals surface area contributed by atoms with Crippen LogP contribution in [-0.4, -0.2) is 10.5 Å². The molecule has 0 bridgehead atoms. The van der Waals surface area contributed by atoms with Crippen LogP contribution in [-0.2, 0) is 6.54 Å². The van der Waals surface area contributed by atoms with Crippen LogP contribution in [0.2, 0.25) is 0 Å². The minimum Gasteiger partial charge on any atom is -0.423 e. The molecule has 0 saturated heterocycles. The highest BCUT2D eigenvalue weighted by molar-refractivity contribution is 14.1. The van der Waals surface area contributed by atoms with Gasteiger partial charge in [0.2, 0.25) is 0 Å². The zero-order chi connectivity index (χ0) is 20.5. The fourth-order valence-electron chi connectivity index (χ4n) is 3.82. The first-order valence-electron chi connectivity index (χ1n) is 9.72. The number of hydrogen-bond donors (Lipinski definition) is 0. The predicted molar refractivity (Wildman–Crippen MR) is 129 cm³/mol. The molecule has 0 unspecified atom stereocenters. The quantitative estimate of drug-likeness (QED) is 0.156. The van der Waals surface area contributed by atoms with Crippen LogP contribution in [0.15, 0.2) is 97.1 Å². The van der Waals surface area contributed by atoms with E-state index in [1.54, 1.807) is 6.07 Å². The molecule has 0 radical (unpaired) electrons. The second-order valence-corrected chi connectivity index (χ2v) is 8.30. The number of hydrogen-bond acceptors (Lipinski definition) is 2. The summed E-state index contributed by atoms with van der Waals surface area (Å²) >= 11 is 2.15. The first-order chi connectivity index (χ1) is 14.7. The number of rotatable bonds is 4. The predicted octanol–water partition coefficient (Wildman–Crippen LogP) is 6.67. The lowest BCUT2D eigenvalue weighted by molar-refractivity contribution is 0.0734. The van der Waals surface area contributed by atoms with E-state index in [9.17, 15) is 4.79 Å². The zero-order valence-corrected chi connectivity index (χ0v) is 18.2. The lowest BCUT2D eigenvalue weighted by atomic mass is 10.1. The van der Waals surface area contributed by atoms with Crippen molar-refractivity contribution >= 4 is 50.4 Å². The van der Waals surface area contributed by atoms with Crippen molar-refractivity contribution in [1.82, 2.24) is 4.57 Å². The second-order valence-electron chi connectivity index (χ2n) is 7.14. The number of fused-ring (bicyclic) bond motifs is 3. The summed E-state index contributed by atoms with van der Waals surface area (Å²) in [7, 11) is 0. The van der Waals surface area contributed by atoms with Gasteiger partial charge in [-0.3, -0.25) is 0 Å². The molecule has 0 aliphatic rings. The third-order valence-corrected chi connectivity index (χ3v) is 6.17. The Kier molecular flexibility index (Phi) is 5.01. The van der Waals surface area contributed by atoms with Crippen LogP contribution in [0.25, 0.3) is 21.8 Å². The van der Waals surface area contributed by atoms with Gasteiger partial charge in [-0.15, -0.1) is 0 Å². The zero-order valence-electron chi connectivity index (χ0n) is 16.1. The molecule has 0 saturated carbocycles. The topological polar surface area (TPSA) is 31.2 Å². The Hall–Kier alpha value is -3.12. The summed E-state index contributed by atoms with van der Waals surface area (Å²) < 4.78 is 8.90. The van der Waals surface area contributed by atoms with E-state index in [0.29, 0.717) is 11.3 Å². The standard InChI is InChI=1S/C26H18INO2/c27-23-12-6-4-11-21(23)26(29)30-19-14-15-25-22(16-19)20-10-5-7-13-24(20)28(25)17-18-8-2-1-3-9-18/h1-16H,17H2. The maximum absolute atomic E-state index is 12.6. The number of esters is 1. The minimum atomic E-state index is -0.340. The van der Waals surface area contributed by atoms with E-state index in [0.717, 1.165) is 31.9 Å². The number of carbonyl (C=O) groups is 1. The van der Waals surface area contributed by atoms with Gasteiger partial charge in [0.1, 0.15) is 5.75 Å². The van der Waals surface area contributed by atoms with Crippen LogP contribution in [0.1, 0.15) is 15.9 Å². The maximum atomic E-state index is 12.6. The van der Waals surface area contributed by atoms with Crippen LogP contribution in [0.5, 0.6) is 5.75 Å². The highest BCUT2D eigenvalue weighted by Crippen LogP contribution is 2.32. The molecule has 0 aliphatic carbocycles. The van der Waals surface area contributed by atoms with Crippen molar-refractivity contribution in [2.45, 2.75) is 6.54 Å². The van der Waals surface area contributed by atoms with Gasteiger partial charge in [0.25, 0.3) is 0 Å². The van der Waals surface area contributed by atoms with E-state index in [4.69, 9.17) is 4.74 Å². The minimum absolute atomic E-state index is 0.340. The molecule has 0 spiro atoms. The Bertz CT molecular complexity index is 1370. The smallest absolute Gasteiger partial charge is 0.344 e. The van der Waals surface area contributed by atoms with Gasteiger partial charge in [0, 0.05) is 31.9 Å². The first kappa shape index (κ1) is 18.9. The molecule has 3 nitrogen and oxygen atoms in total. The summed E-state index contributed by atoms with van der Waals surface area (Å²) in [5, 5.41) is 2.23. The SMILES string of the molecule is O=C(Oc1ccc2c(c1)c1ccccc1n2Cc1ccccc1)c1ccccc1I. The molecule has 0 N–H and O–H groups in total. The number of aromatic nitrogens is 1. The average molecular weight is 503 g/mol. The summed E-state index contributed by atoms with van der Waals surface area (Å²) in [6.45, 7) is 0.784.